The minimum absolute atomic E-state index is 0. The summed E-state index contributed by atoms with van der Waals surface area (Å²) in [4.78, 5) is 11.3. The van der Waals surface area contributed by atoms with Crippen LogP contribution in [0, 0.1) is 0 Å². The van der Waals surface area contributed by atoms with Crippen molar-refractivity contribution < 1.29 is 51.5 Å². The molecule has 1 N–H and O–H groups in total. The summed E-state index contributed by atoms with van der Waals surface area (Å²) in [7, 11) is -4.74. The van der Waals surface area contributed by atoms with Crippen LogP contribution in [0.3, 0.4) is 0 Å². The zero-order chi connectivity index (χ0) is 16.8. The molecule has 8 heteroatoms. The number of rotatable bonds is 14. The fourth-order valence-corrected chi connectivity index (χ4v) is 2.48. The standard InChI is InChI=1S/C15H29NO5S.Na/c1-3-5-6-7-8-9-10-11-12-14(16-15(17)4-2)13-21-22(18,19)20;/h4,14H,2-3,5-13H2,1H3,(H,16,17)(H,18,19,20);/q;+1/p-1. The number of hydrogen-bond acceptors (Lipinski definition) is 5. The van der Waals surface area contributed by atoms with Gasteiger partial charge in [0, 0.05) is 0 Å². The van der Waals surface area contributed by atoms with E-state index in [1.54, 1.807) is 0 Å². The summed E-state index contributed by atoms with van der Waals surface area (Å²) in [6.07, 6.45) is 10.8. The SMILES string of the molecule is C=CC(=O)NC(CCCCCCCCCC)COS(=O)(=O)[O-].[Na+]. The van der Waals surface area contributed by atoms with E-state index >= 15 is 0 Å². The summed E-state index contributed by atoms with van der Waals surface area (Å²) in [6, 6.07) is -0.491. The van der Waals surface area contributed by atoms with Crippen LogP contribution < -0.4 is 34.9 Å². The Kier molecular flexibility index (Phi) is 17.2. The normalized spacial score (nSPS) is 12.3. The Morgan fingerprint density at radius 2 is 1.70 bits per heavy atom. The van der Waals surface area contributed by atoms with Crippen LogP contribution in [0.4, 0.5) is 0 Å². The van der Waals surface area contributed by atoms with Gasteiger partial charge in [-0.3, -0.25) is 8.98 Å². The van der Waals surface area contributed by atoms with E-state index < -0.39 is 22.3 Å². The van der Waals surface area contributed by atoms with E-state index in [1.807, 2.05) is 0 Å². The number of carbonyl (C=O) groups is 1. The Morgan fingerprint density at radius 3 is 2.17 bits per heavy atom. The van der Waals surface area contributed by atoms with Gasteiger partial charge in [0.2, 0.25) is 16.3 Å². The number of carbonyl (C=O) groups excluding carboxylic acids is 1. The molecule has 1 unspecified atom stereocenters. The molecule has 0 aliphatic rings. The monoisotopic (exact) mass is 357 g/mol. The molecule has 0 fully saturated rings. The van der Waals surface area contributed by atoms with Gasteiger partial charge in [0.05, 0.1) is 12.6 Å². The summed E-state index contributed by atoms with van der Waals surface area (Å²) < 4.78 is 35.7. The molecule has 0 aromatic rings. The van der Waals surface area contributed by atoms with Crippen LogP contribution in [-0.4, -0.2) is 31.5 Å². The van der Waals surface area contributed by atoms with Crippen molar-refractivity contribution >= 4 is 16.3 Å². The van der Waals surface area contributed by atoms with E-state index in [-0.39, 0.29) is 36.2 Å². The average Bonchev–Trinajstić information content (AvgIpc) is 2.46. The molecular formula is C15H28NNaO5S. The minimum atomic E-state index is -4.74. The Bertz CT molecular complexity index is 414. The Labute approximate surface area is 162 Å². The molecule has 1 amide bonds. The van der Waals surface area contributed by atoms with Crippen molar-refractivity contribution in [3.63, 3.8) is 0 Å². The first-order chi connectivity index (χ1) is 10.4. The molecular weight excluding hydrogens is 329 g/mol. The molecule has 0 saturated carbocycles. The maximum Gasteiger partial charge on any atom is 1.00 e. The molecule has 0 heterocycles. The number of amides is 1. The quantitative estimate of drug-likeness (QED) is 0.151. The molecule has 0 bridgehead atoms. The molecule has 0 aliphatic heterocycles. The van der Waals surface area contributed by atoms with Crippen LogP contribution in [0.25, 0.3) is 0 Å². The van der Waals surface area contributed by atoms with Crippen molar-refractivity contribution in [1.29, 1.82) is 0 Å². The van der Waals surface area contributed by atoms with Gasteiger partial charge in [-0.25, -0.2) is 8.42 Å². The molecule has 0 saturated heterocycles. The van der Waals surface area contributed by atoms with Crippen molar-refractivity contribution in [3.8, 4) is 0 Å². The Morgan fingerprint density at radius 1 is 1.17 bits per heavy atom. The third-order valence-corrected chi connectivity index (χ3v) is 3.78. The van der Waals surface area contributed by atoms with Gasteiger partial charge in [-0.05, 0) is 12.5 Å². The molecule has 0 spiro atoms. The maximum absolute atomic E-state index is 11.3. The van der Waals surface area contributed by atoms with E-state index in [4.69, 9.17) is 0 Å². The van der Waals surface area contributed by atoms with Crippen molar-refractivity contribution in [2.75, 3.05) is 6.61 Å². The predicted molar refractivity (Wildman–Crippen MR) is 85.0 cm³/mol. The van der Waals surface area contributed by atoms with Crippen LogP contribution in [0.5, 0.6) is 0 Å². The van der Waals surface area contributed by atoms with E-state index in [0.717, 1.165) is 25.3 Å². The molecule has 23 heavy (non-hydrogen) atoms. The van der Waals surface area contributed by atoms with Crippen LogP contribution in [0.2, 0.25) is 0 Å². The third-order valence-electron chi connectivity index (χ3n) is 3.35. The van der Waals surface area contributed by atoms with Crippen LogP contribution in [0.15, 0.2) is 12.7 Å². The van der Waals surface area contributed by atoms with Crippen molar-refractivity contribution in [1.82, 2.24) is 5.32 Å². The van der Waals surface area contributed by atoms with E-state index in [9.17, 15) is 17.8 Å². The average molecular weight is 357 g/mol. The van der Waals surface area contributed by atoms with E-state index in [2.05, 4.69) is 23.0 Å². The van der Waals surface area contributed by atoms with Gasteiger partial charge in [-0.15, -0.1) is 0 Å². The molecule has 0 radical (unpaired) electrons. The molecule has 1 atom stereocenters. The summed E-state index contributed by atoms with van der Waals surface area (Å²) in [6.45, 7) is 5.19. The van der Waals surface area contributed by atoms with Gasteiger partial charge < -0.3 is 9.87 Å². The van der Waals surface area contributed by atoms with Crippen LogP contribution in [0.1, 0.15) is 64.7 Å². The smallest absolute Gasteiger partial charge is 0.726 e. The van der Waals surface area contributed by atoms with Gasteiger partial charge in [-0.2, -0.15) is 0 Å². The van der Waals surface area contributed by atoms with Gasteiger partial charge in [0.15, 0.2) is 0 Å². The van der Waals surface area contributed by atoms with E-state index in [1.165, 1.54) is 32.1 Å². The summed E-state index contributed by atoms with van der Waals surface area (Å²) in [5, 5.41) is 2.57. The number of hydrogen-bond donors (Lipinski definition) is 1. The molecule has 130 valence electrons. The summed E-state index contributed by atoms with van der Waals surface area (Å²) in [5.74, 6) is -0.406. The maximum atomic E-state index is 11.3. The van der Waals surface area contributed by atoms with Gasteiger partial charge in [0.1, 0.15) is 0 Å². The zero-order valence-corrected chi connectivity index (χ0v) is 17.2. The van der Waals surface area contributed by atoms with Crippen molar-refractivity contribution in [2.24, 2.45) is 0 Å². The topological polar surface area (TPSA) is 95.5 Å². The molecule has 6 nitrogen and oxygen atoms in total. The fraction of sp³-hybridized carbons (Fsp3) is 0.800. The van der Waals surface area contributed by atoms with Gasteiger partial charge in [-0.1, -0.05) is 64.9 Å². The molecule has 0 rings (SSSR count). The predicted octanol–water partition coefficient (Wildman–Crippen LogP) is -0.331. The third kappa shape index (κ3) is 18.3. The van der Waals surface area contributed by atoms with Gasteiger partial charge in [0.25, 0.3) is 0 Å². The first-order valence-electron chi connectivity index (χ1n) is 7.92. The molecule has 0 aromatic heterocycles. The minimum Gasteiger partial charge on any atom is -0.726 e. The second kappa shape index (κ2) is 15.6. The van der Waals surface area contributed by atoms with Crippen molar-refractivity contribution in [3.05, 3.63) is 12.7 Å². The Balaban J connectivity index is 0. The largest absolute Gasteiger partial charge is 1.00 e. The first-order valence-corrected chi connectivity index (χ1v) is 9.25. The second-order valence-electron chi connectivity index (χ2n) is 5.37. The van der Waals surface area contributed by atoms with Crippen molar-refractivity contribution in [2.45, 2.75) is 70.8 Å². The summed E-state index contributed by atoms with van der Waals surface area (Å²) in [5.41, 5.74) is 0. The van der Waals surface area contributed by atoms with Crippen LogP contribution in [-0.2, 0) is 19.4 Å². The zero-order valence-electron chi connectivity index (χ0n) is 14.4. The number of unbranched alkanes of at least 4 members (excludes halogenated alkanes) is 7. The molecule has 0 aliphatic carbocycles. The van der Waals surface area contributed by atoms with Crippen LogP contribution >= 0.6 is 0 Å². The first kappa shape index (κ1) is 25.3. The second-order valence-corrected chi connectivity index (χ2v) is 6.42. The Hall–Kier alpha value is 0.0800. The van der Waals surface area contributed by atoms with E-state index in [0.29, 0.717) is 6.42 Å². The number of nitrogens with one attached hydrogen (secondary N) is 1. The molecule has 0 aromatic carbocycles. The fourth-order valence-electron chi connectivity index (χ4n) is 2.15. The summed E-state index contributed by atoms with van der Waals surface area (Å²) >= 11 is 0. The van der Waals surface area contributed by atoms with Gasteiger partial charge >= 0.3 is 29.6 Å².